The number of anilines is 1. The van der Waals surface area contributed by atoms with Crippen LogP contribution < -0.4 is 4.90 Å². The van der Waals surface area contributed by atoms with Gasteiger partial charge < -0.3 is 9.80 Å². The van der Waals surface area contributed by atoms with Crippen molar-refractivity contribution in [1.82, 2.24) is 9.88 Å². The van der Waals surface area contributed by atoms with Gasteiger partial charge in [0, 0.05) is 36.3 Å². The standard InChI is InChI=1S/C27H32N4S/c1-6-21(4)26-22(7-2)12-9-14-25(26)29-24(8-3)23-13-10-15-28-27(23)31-18-17-30(20-31)16-11-19-32-5/h8-10,12-15,17-18H,1,3,7,11,16,19-20H2,2,4-5H3. The molecule has 5 heteroatoms. The van der Waals surface area contributed by atoms with E-state index in [1.807, 2.05) is 43.1 Å². The van der Waals surface area contributed by atoms with E-state index in [0.29, 0.717) is 0 Å². The van der Waals surface area contributed by atoms with Crippen molar-refractivity contribution in [2.24, 2.45) is 4.99 Å². The molecule has 0 bridgehead atoms. The number of hydrogen-bond acceptors (Lipinski definition) is 5. The zero-order valence-electron chi connectivity index (χ0n) is 19.3. The summed E-state index contributed by atoms with van der Waals surface area (Å²) in [6.07, 6.45) is 12.1. The first-order valence-corrected chi connectivity index (χ1v) is 12.4. The summed E-state index contributed by atoms with van der Waals surface area (Å²) in [5.74, 6) is 2.06. The summed E-state index contributed by atoms with van der Waals surface area (Å²) in [4.78, 5) is 14.2. The molecule has 0 amide bonds. The summed E-state index contributed by atoms with van der Waals surface area (Å²) >= 11 is 1.89. The van der Waals surface area contributed by atoms with Crippen LogP contribution in [-0.2, 0) is 6.42 Å². The fraction of sp³-hybridized carbons (Fsp3) is 0.296. The third kappa shape index (κ3) is 5.42. The number of hydrogen-bond donors (Lipinski definition) is 0. The first kappa shape index (κ1) is 23.6. The van der Waals surface area contributed by atoms with Gasteiger partial charge in [0.1, 0.15) is 5.82 Å². The SMILES string of the molecule is C=C=C(C)c1c(CC)cccc1N=C(C=C)c1cccnc1N1C=CN(CCCSC)C1. The van der Waals surface area contributed by atoms with Gasteiger partial charge in [-0.2, -0.15) is 11.8 Å². The maximum Gasteiger partial charge on any atom is 0.143 e. The van der Waals surface area contributed by atoms with Crippen molar-refractivity contribution in [1.29, 1.82) is 0 Å². The Morgan fingerprint density at radius 3 is 2.84 bits per heavy atom. The minimum Gasteiger partial charge on any atom is -0.358 e. The molecular weight excluding hydrogens is 412 g/mol. The zero-order valence-corrected chi connectivity index (χ0v) is 20.2. The van der Waals surface area contributed by atoms with Crippen molar-refractivity contribution in [3.8, 4) is 0 Å². The molecule has 166 valence electrons. The summed E-state index contributed by atoms with van der Waals surface area (Å²) in [6.45, 7) is 13.9. The first-order valence-electron chi connectivity index (χ1n) is 11.0. The minimum absolute atomic E-state index is 0.789. The Hall–Kier alpha value is -3.01. The highest BCUT2D eigenvalue weighted by molar-refractivity contribution is 7.98. The van der Waals surface area contributed by atoms with Crippen LogP contribution in [0.5, 0.6) is 0 Å². The van der Waals surface area contributed by atoms with Gasteiger partial charge in [0.25, 0.3) is 0 Å². The van der Waals surface area contributed by atoms with Crippen LogP contribution in [0.25, 0.3) is 5.57 Å². The average Bonchev–Trinajstić information content (AvgIpc) is 3.30. The Morgan fingerprint density at radius 1 is 1.28 bits per heavy atom. The van der Waals surface area contributed by atoms with Gasteiger partial charge in [-0.15, -0.1) is 5.73 Å². The fourth-order valence-corrected chi connectivity index (χ4v) is 4.24. The lowest BCUT2D eigenvalue weighted by Gasteiger charge is -2.22. The molecular formula is C27H32N4S. The molecule has 0 unspecified atom stereocenters. The van der Waals surface area contributed by atoms with Gasteiger partial charge in [0.05, 0.1) is 18.1 Å². The van der Waals surface area contributed by atoms with Crippen molar-refractivity contribution < 1.29 is 0 Å². The number of nitrogens with zero attached hydrogens (tertiary/aromatic N) is 4. The Bertz CT molecular complexity index is 1060. The van der Waals surface area contributed by atoms with E-state index in [0.717, 1.165) is 53.6 Å². The number of allylic oxidation sites excluding steroid dienone is 2. The number of aliphatic imine (C=N–C) groups is 1. The van der Waals surface area contributed by atoms with Crippen LogP contribution in [0.15, 0.2) is 78.9 Å². The second-order valence-electron chi connectivity index (χ2n) is 7.61. The maximum atomic E-state index is 5.04. The van der Waals surface area contributed by atoms with E-state index in [1.54, 1.807) is 0 Å². The normalized spacial score (nSPS) is 13.4. The average molecular weight is 445 g/mol. The van der Waals surface area contributed by atoms with E-state index in [1.165, 1.54) is 17.7 Å². The molecule has 0 spiro atoms. The zero-order chi connectivity index (χ0) is 22.9. The van der Waals surface area contributed by atoms with E-state index in [-0.39, 0.29) is 0 Å². The third-order valence-electron chi connectivity index (χ3n) is 5.50. The highest BCUT2D eigenvalue weighted by atomic mass is 32.2. The van der Waals surface area contributed by atoms with Crippen LogP contribution >= 0.6 is 11.8 Å². The van der Waals surface area contributed by atoms with Crippen LogP contribution in [0.3, 0.4) is 0 Å². The van der Waals surface area contributed by atoms with E-state index in [2.05, 4.69) is 72.5 Å². The van der Waals surface area contributed by atoms with Crippen LogP contribution in [0.2, 0.25) is 0 Å². The van der Waals surface area contributed by atoms with Gasteiger partial charge in [0.15, 0.2) is 0 Å². The van der Waals surface area contributed by atoms with Gasteiger partial charge in [-0.1, -0.05) is 32.2 Å². The van der Waals surface area contributed by atoms with Gasteiger partial charge in [-0.05, 0) is 67.2 Å². The third-order valence-corrected chi connectivity index (χ3v) is 6.20. The Morgan fingerprint density at radius 2 is 2.12 bits per heavy atom. The summed E-state index contributed by atoms with van der Waals surface area (Å²) < 4.78 is 0. The van der Waals surface area contributed by atoms with E-state index < -0.39 is 0 Å². The van der Waals surface area contributed by atoms with Crippen LogP contribution in [0, 0.1) is 0 Å². The number of aromatic nitrogens is 1. The van der Waals surface area contributed by atoms with Crippen molar-refractivity contribution in [2.75, 3.05) is 30.1 Å². The fourth-order valence-electron chi connectivity index (χ4n) is 3.83. The number of benzene rings is 1. The van der Waals surface area contributed by atoms with Gasteiger partial charge >= 0.3 is 0 Å². The number of pyridine rings is 1. The van der Waals surface area contributed by atoms with Crippen molar-refractivity contribution in [2.45, 2.75) is 26.7 Å². The maximum absolute atomic E-state index is 5.04. The smallest absolute Gasteiger partial charge is 0.143 e. The van der Waals surface area contributed by atoms with Crippen LogP contribution in [0.4, 0.5) is 11.5 Å². The summed E-state index contributed by atoms with van der Waals surface area (Å²) in [6, 6.07) is 10.2. The highest BCUT2D eigenvalue weighted by Gasteiger charge is 2.19. The molecule has 2 heterocycles. The molecule has 3 rings (SSSR count). The van der Waals surface area contributed by atoms with Crippen molar-refractivity contribution in [3.05, 3.63) is 90.6 Å². The Labute approximate surface area is 196 Å². The second-order valence-corrected chi connectivity index (χ2v) is 8.60. The van der Waals surface area contributed by atoms with Crippen LogP contribution in [0.1, 0.15) is 37.0 Å². The molecule has 1 aliphatic heterocycles. The molecule has 1 aromatic heterocycles. The Balaban J connectivity index is 1.97. The second kappa shape index (κ2) is 11.6. The van der Waals surface area contributed by atoms with E-state index in [4.69, 9.17) is 9.98 Å². The quantitative estimate of drug-likeness (QED) is 0.240. The summed E-state index contributed by atoms with van der Waals surface area (Å²) in [7, 11) is 0. The van der Waals surface area contributed by atoms with Crippen molar-refractivity contribution >= 4 is 34.6 Å². The molecule has 0 aliphatic carbocycles. The molecule has 0 fully saturated rings. The molecule has 0 saturated heterocycles. The first-order chi connectivity index (χ1) is 15.6. The lowest BCUT2D eigenvalue weighted by Crippen LogP contribution is -2.27. The molecule has 0 N–H and O–H groups in total. The van der Waals surface area contributed by atoms with Crippen LogP contribution in [-0.4, -0.2) is 40.8 Å². The molecule has 0 radical (unpaired) electrons. The summed E-state index contributed by atoms with van der Waals surface area (Å²) in [5, 5.41) is 0. The molecule has 1 aromatic carbocycles. The van der Waals surface area contributed by atoms with Gasteiger partial charge in [0.2, 0.25) is 0 Å². The van der Waals surface area contributed by atoms with Gasteiger partial charge in [-0.25, -0.2) is 9.98 Å². The predicted molar refractivity (Wildman–Crippen MR) is 141 cm³/mol. The lowest BCUT2D eigenvalue weighted by atomic mass is 9.97. The molecule has 1 aliphatic rings. The van der Waals surface area contributed by atoms with E-state index in [9.17, 15) is 0 Å². The summed E-state index contributed by atoms with van der Waals surface area (Å²) in [5.41, 5.74) is 9.04. The number of thioether (sulfide) groups is 1. The lowest BCUT2D eigenvalue weighted by molar-refractivity contribution is 0.407. The minimum atomic E-state index is 0.789. The predicted octanol–water partition coefficient (Wildman–Crippen LogP) is 6.44. The number of rotatable bonds is 10. The number of aryl methyl sites for hydroxylation is 1. The largest absolute Gasteiger partial charge is 0.358 e. The highest BCUT2D eigenvalue weighted by Crippen LogP contribution is 2.31. The van der Waals surface area contributed by atoms with E-state index >= 15 is 0 Å². The molecule has 0 atom stereocenters. The molecule has 2 aromatic rings. The monoisotopic (exact) mass is 444 g/mol. The molecule has 4 nitrogen and oxygen atoms in total. The topological polar surface area (TPSA) is 31.7 Å². The van der Waals surface area contributed by atoms with Crippen molar-refractivity contribution in [3.63, 3.8) is 0 Å². The Kier molecular flexibility index (Phi) is 8.55. The van der Waals surface area contributed by atoms with Gasteiger partial charge in [-0.3, -0.25) is 0 Å². The molecule has 32 heavy (non-hydrogen) atoms. The molecule has 0 saturated carbocycles.